The molecule has 1 N–H and O–H groups in total. The van der Waals surface area contributed by atoms with Crippen molar-refractivity contribution >= 4 is 22.4 Å². The summed E-state index contributed by atoms with van der Waals surface area (Å²) in [6.07, 6.45) is 0.888. The average molecular weight is 340 g/mol. The zero-order valence-electron chi connectivity index (χ0n) is 14.0. The Hall–Kier alpha value is -3.40. The molecule has 0 bridgehead atoms. The van der Waals surface area contributed by atoms with Crippen molar-refractivity contribution in [3.8, 4) is 11.3 Å². The molecule has 0 spiro atoms. The Balaban J connectivity index is 1.55. The van der Waals surface area contributed by atoms with Gasteiger partial charge >= 0.3 is 0 Å². The average Bonchev–Trinajstić information content (AvgIpc) is 3.12. The van der Waals surface area contributed by atoms with E-state index in [2.05, 4.69) is 22.6 Å². The van der Waals surface area contributed by atoms with E-state index >= 15 is 0 Å². The predicted octanol–water partition coefficient (Wildman–Crippen LogP) is 4.69. The first-order valence-corrected chi connectivity index (χ1v) is 8.67. The van der Waals surface area contributed by atoms with Crippen molar-refractivity contribution in [3.63, 3.8) is 0 Å². The van der Waals surface area contributed by atoms with Crippen LogP contribution in [0.2, 0.25) is 0 Å². The van der Waals surface area contributed by atoms with E-state index in [1.165, 1.54) is 5.56 Å². The second-order valence-corrected chi connectivity index (χ2v) is 6.43. The molecule has 126 valence electrons. The second-order valence-electron chi connectivity index (χ2n) is 6.43. The van der Waals surface area contributed by atoms with Crippen molar-refractivity contribution in [1.82, 2.24) is 5.16 Å². The molecule has 0 aliphatic heterocycles. The number of carbonyl (C=O) groups is 1. The molecule has 0 saturated heterocycles. The lowest BCUT2D eigenvalue weighted by atomic mass is 9.87. The Morgan fingerprint density at radius 3 is 2.50 bits per heavy atom. The molecular formula is C22H16N2O2. The zero-order valence-corrected chi connectivity index (χ0v) is 14.0. The Morgan fingerprint density at radius 2 is 1.65 bits per heavy atom. The Kier molecular flexibility index (Phi) is 3.35. The maximum absolute atomic E-state index is 13.1. The Bertz CT molecular complexity index is 1130. The SMILES string of the molecule is O=C1c2ccccc2-c2onc3ccc(NCCc4ccccc4)c1c23. The third-order valence-corrected chi connectivity index (χ3v) is 4.86. The highest BCUT2D eigenvalue weighted by Crippen LogP contribution is 2.42. The van der Waals surface area contributed by atoms with Gasteiger partial charge in [0.15, 0.2) is 11.5 Å². The minimum Gasteiger partial charge on any atom is -0.384 e. The second kappa shape index (κ2) is 5.85. The number of hydrogen-bond acceptors (Lipinski definition) is 4. The highest BCUT2D eigenvalue weighted by molar-refractivity contribution is 6.27. The molecular weight excluding hydrogens is 324 g/mol. The van der Waals surface area contributed by atoms with E-state index in [-0.39, 0.29) is 5.78 Å². The number of ketones is 1. The van der Waals surface area contributed by atoms with Crippen molar-refractivity contribution in [2.75, 3.05) is 11.9 Å². The van der Waals surface area contributed by atoms with E-state index < -0.39 is 0 Å². The van der Waals surface area contributed by atoms with Crippen molar-refractivity contribution < 1.29 is 9.32 Å². The highest BCUT2D eigenvalue weighted by atomic mass is 16.5. The third-order valence-electron chi connectivity index (χ3n) is 4.86. The monoisotopic (exact) mass is 340 g/mol. The standard InChI is InChI=1S/C22H16N2O2/c25-21-15-8-4-5-9-16(15)22-20-18(24-26-22)11-10-17(19(20)21)23-13-12-14-6-2-1-3-7-14/h1-11,23H,12-13H2. The molecule has 4 nitrogen and oxygen atoms in total. The summed E-state index contributed by atoms with van der Waals surface area (Å²) in [5, 5.41) is 8.37. The first-order valence-electron chi connectivity index (χ1n) is 8.67. The van der Waals surface area contributed by atoms with Crippen LogP contribution in [-0.2, 0) is 6.42 Å². The first kappa shape index (κ1) is 14.9. The number of aromatic nitrogens is 1. The molecule has 1 aliphatic rings. The molecule has 3 aromatic carbocycles. The molecule has 1 aliphatic carbocycles. The van der Waals surface area contributed by atoms with Crippen molar-refractivity contribution in [3.05, 3.63) is 83.4 Å². The van der Waals surface area contributed by atoms with Crippen LogP contribution in [0.5, 0.6) is 0 Å². The van der Waals surface area contributed by atoms with Crippen LogP contribution in [0, 0.1) is 0 Å². The number of rotatable bonds is 4. The van der Waals surface area contributed by atoms with Gasteiger partial charge in [-0.25, -0.2) is 0 Å². The lowest BCUT2D eigenvalue weighted by Gasteiger charge is -2.17. The quantitative estimate of drug-likeness (QED) is 0.515. The minimum absolute atomic E-state index is 0.0177. The normalized spacial score (nSPS) is 12.2. The fourth-order valence-corrected chi connectivity index (χ4v) is 3.61. The van der Waals surface area contributed by atoms with Gasteiger partial charge in [-0.3, -0.25) is 4.79 Å². The van der Waals surface area contributed by atoms with Gasteiger partial charge < -0.3 is 9.84 Å². The topological polar surface area (TPSA) is 55.1 Å². The lowest BCUT2D eigenvalue weighted by Crippen LogP contribution is -2.14. The van der Waals surface area contributed by atoms with Gasteiger partial charge in [0.2, 0.25) is 0 Å². The Labute approximate surface area is 150 Å². The highest BCUT2D eigenvalue weighted by Gasteiger charge is 2.30. The molecule has 0 saturated carbocycles. The number of nitrogens with zero attached hydrogens (tertiary/aromatic N) is 1. The molecule has 4 heteroatoms. The van der Waals surface area contributed by atoms with Gasteiger partial charge in [-0.1, -0.05) is 59.8 Å². The predicted molar refractivity (Wildman–Crippen MR) is 102 cm³/mol. The number of benzene rings is 3. The summed E-state index contributed by atoms with van der Waals surface area (Å²) in [5.74, 6) is 0.695. The molecule has 5 rings (SSSR count). The molecule has 4 aromatic rings. The molecule has 1 aromatic heterocycles. The molecule has 1 heterocycles. The number of hydrogen-bond donors (Lipinski definition) is 1. The van der Waals surface area contributed by atoms with Crippen molar-refractivity contribution in [1.29, 1.82) is 0 Å². The number of nitrogens with one attached hydrogen (secondary N) is 1. The zero-order chi connectivity index (χ0) is 17.5. The summed E-state index contributed by atoms with van der Waals surface area (Å²) in [6.45, 7) is 0.748. The summed E-state index contributed by atoms with van der Waals surface area (Å²) in [6, 6.07) is 21.7. The van der Waals surface area contributed by atoms with Gasteiger partial charge in [0, 0.05) is 23.4 Å². The van der Waals surface area contributed by atoms with Gasteiger partial charge in [-0.15, -0.1) is 0 Å². The fourth-order valence-electron chi connectivity index (χ4n) is 3.61. The molecule has 26 heavy (non-hydrogen) atoms. The number of fused-ring (bicyclic) bond motifs is 2. The molecule has 0 amide bonds. The third kappa shape index (κ3) is 2.23. The molecule has 0 fully saturated rings. The van der Waals surface area contributed by atoms with Crippen LogP contribution in [0.25, 0.3) is 22.2 Å². The summed E-state index contributed by atoms with van der Waals surface area (Å²) < 4.78 is 5.57. The summed E-state index contributed by atoms with van der Waals surface area (Å²) in [4.78, 5) is 13.1. The first-order chi connectivity index (χ1) is 12.8. The van der Waals surface area contributed by atoms with E-state index in [1.807, 2.05) is 54.6 Å². The van der Waals surface area contributed by atoms with Crippen LogP contribution in [0.1, 0.15) is 21.5 Å². The number of carbonyl (C=O) groups excluding carboxylic acids is 1. The summed E-state index contributed by atoms with van der Waals surface area (Å²) in [5.41, 5.74) is 4.94. The number of anilines is 1. The van der Waals surface area contributed by atoms with Crippen LogP contribution in [0.3, 0.4) is 0 Å². The largest absolute Gasteiger partial charge is 0.384 e. The van der Waals surface area contributed by atoms with E-state index in [0.717, 1.165) is 29.6 Å². The smallest absolute Gasteiger partial charge is 0.196 e. The van der Waals surface area contributed by atoms with E-state index in [4.69, 9.17) is 4.52 Å². The van der Waals surface area contributed by atoms with E-state index in [0.29, 0.717) is 22.4 Å². The maximum Gasteiger partial charge on any atom is 0.196 e. The van der Waals surface area contributed by atoms with Gasteiger partial charge in [0.25, 0.3) is 0 Å². The maximum atomic E-state index is 13.1. The summed E-state index contributed by atoms with van der Waals surface area (Å²) >= 11 is 0. The molecule has 0 radical (unpaired) electrons. The van der Waals surface area contributed by atoms with Gasteiger partial charge in [0.1, 0.15) is 5.52 Å². The van der Waals surface area contributed by atoms with Crippen molar-refractivity contribution in [2.45, 2.75) is 6.42 Å². The van der Waals surface area contributed by atoms with Gasteiger partial charge in [-0.05, 0) is 24.1 Å². The fraction of sp³-hybridized carbons (Fsp3) is 0.0909. The van der Waals surface area contributed by atoms with Gasteiger partial charge in [-0.2, -0.15) is 0 Å². The summed E-state index contributed by atoms with van der Waals surface area (Å²) in [7, 11) is 0. The van der Waals surface area contributed by atoms with Crippen LogP contribution in [-0.4, -0.2) is 17.5 Å². The minimum atomic E-state index is 0.0177. The van der Waals surface area contributed by atoms with Crippen LogP contribution in [0.4, 0.5) is 5.69 Å². The lowest BCUT2D eigenvalue weighted by molar-refractivity contribution is 0.104. The Morgan fingerprint density at radius 1 is 0.885 bits per heavy atom. The molecule has 0 atom stereocenters. The van der Waals surface area contributed by atoms with E-state index in [9.17, 15) is 4.79 Å². The van der Waals surface area contributed by atoms with E-state index in [1.54, 1.807) is 0 Å². The van der Waals surface area contributed by atoms with Gasteiger partial charge in [0.05, 0.1) is 10.9 Å². The van der Waals surface area contributed by atoms with Crippen LogP contribution >= 0.6 is 0 Å². The van der Waals surface area contributed by atoms with Crippen LogP contribution in [0.15, 0.2) is 71.3 Å². The molecule has 0 unspecified atom stereocenters. The van der Waals surface area contributed by atoms with Crippen molar-refractivity contribution in [2.24, 2.45) is 0 Å². The van der Waals surface area contributed by atoms with Crippen LogP contribution < -0.4 is 5.32 Å².